The van der Waals surface area contributed by atoms with Gasteiger partial charge in [0, 0.05) is 29.6 Å². The molecule has 3 aliphatic rings. The van der Waals surface area contributed by atoms with E-state index in [1.54, 1.807) is 43.5 Å². The first kappa shape index (κ1) is 49.2. The predicted octanol–water partition coefficient (Wildman–Crippen LogP) is 9.26. The van der Waals surface area contributed by atoms with Crippen molar-refractivity contribution in [2.45, 2.75) is 90.3 Å². The standard InChI is InChI=1S/C20H18N2O2.C18H20N2O4.C15H13Cl2N3O2/c1-12-7-8-18(19(23)9-12)22-13(2)21-17-11-15-6-4-3-5-14(15)10-16(17)20(22)24;1-10-5-6-14(15(21)7-10)20-11(2)19-13-9-17(24-4)16(23-3)8-12(13)18(20)22;1-7-3-4-12(14(21)18-7)20-8(2)19-13-10(15(20)22)5-9(16)6-11(13)17/h3-6,10-11,18H,1,7-9H2,2H3;8-9,14H,1,5-7H2,2-4H3;5-6,12H,1,3-4H2,2H3,(H,18,21). The molecule has 17 heteroatoms. The SMILES string of the molecule is C=C1CCC(n2c(C)nc3c(Cl)cc(Cl)cc3c2=O)C(=O)N1.C=C1CCC(n2c(C)nc3cc(OC)c(OC)cc3c2=O)C(=O)C1.C=C1CCC(n2c(C)nc3cc4ccccc4cc3c2=O)C(=O)C1. The number of ketones is 2. The number of hydrogen-bond donors (Lipinski definition) is 1. The second kappa shape index (κ2) is 20.0. The van der Waals surface area contributed by atoms with Gasteiger partial charge in [-0.05, 0) is 100 Å². The minimum absolute atomic E-state index is 0.0121. The van der Waals surface area contributed by atoms with Crippen LogP contribution in [0.15, 0.2) is 112 Å². The summed E-state index contributed by atoms with van der Waals surface area (Å²) in [5.74, 6) is 2.34. The number of nitrogens with zero attached hydrogens (tertiary/aromatic N) is 6. The largest absolute Gasteiger partial charge is 0.493 e. The van der Waals surface area contributed by atoms with Crippen molar-refractivity contribution < 1.29 is 23.9 Å². The molecule has 360 valence electrons. The van der Waals surface area contributed by atoms with E-state index in [-0.39, 0.29) is 34.2 Å². The van der Waals surface area contributed by atoms with E-state index in [0.29, 0.717) is 116 Å². The normalized spacial score (nSPS) is 18.4. The van der Waals surface area contributed by atoms with E-state index < -0.39 is 18.1 Å². The minimum Gasteiger partial charge on any atom is -0.493 e. The Morgan fingerprint density at radius 2 is 1.06 bits per heavy atom. The number of nitrogens with one attached hydrogen (secondary N) is 1. The fraction of sp³-hybridized carbons (Fsp3) is 0.302. The van der Waals surface area contributed by atoms with Crippen LogP contribution >= 0.6 is 23.2 Å². The van der Waals surface area contributed by atoms with Gasteiger partial charge in [0.05, 0.1) is 64.0 Å². The highest BCUT2D eigenvalue weighted by atomic mass is 35.5. The molecule has 0 bridgehead atoms. The Balaban J connectivity index is 0.000000141. The second-order valence-electron chi connectivity index (χ2n) is 17.8. The van der Waals surface area contributed by atoms with Crippen molar-refractivity contribution in [3.63, 3.8) is 0 Å². The fourth-order valence-corrected chi connectivity index (χ4v) is 10.1. The summed E-state index contributed by atoms with van der Waals surface area (Å²) in [7, 11) is 3.05. The summed E-state index contributed by atoms with van der Waals surface area (Å²) in [6, 6.07) is 16.6. The number of hydrogen-bond acceptors (Lipinski definition) is 11. The van der Waals surface area contributed by atoms with Gasteiger partial charge >= 0.3 is 0 Å². The number of benzene rings is 4. The number of methoxy groups -OCH3 is 2. The third-order valence-corrected chi connectivity index (χ3v) is 13.5. The molecule has 4 heterocycles. The number of piperidine rings is 1. The molecule has 1 amide bonds. The lowest BCUT2D eigenvalue weighted by molar-refractivity contribution is -0.125. The number of rotatable bonds is 5. The minimum atomic E-state index is -0.604. The van der Waals surface area contributed by atoms with Crippen LogP contribution in [0.25, 0.3) is 43.5 Å². The van der Waals surface area contributed by atoms with Crippen molar-refractivity contribution in [1.82, 2.24) is 34.0 Å². The monoisotopic (exact) mass is 983 g/mol. The van der Waals surface area contributed by atoms with E-state index in [9.17, 15) is 28.8 Å². The predicted molar refractivity (Wildman–Crippen MR) is 272 cm³/mol. The fourth-order valence-electron chi connectivity index (χ4n) is 9.53. The Hall–Kier alpha value is -7.23. The average molecular weight is 985 g/mol. The van der Waals surface area contributed by atoms with Crippen LogP contribution in [0.3, 0.4) is 0 Å². The smallest absolute Gasteiger partial charge is 0.262 e. The van der Waals surface area contributed by atoms with Crippen molar-refractivity contribution in [1.29, 1.82) is 0 Å². The lowest BCUT2D eigenvalue weighted by atomic mass is 9.90. The van der Waals surface area contributed by atoms with Crippen molar-refractivity contribution >= 4 is 84.2 Å². The molecule has 10 rings (SSSR count). The molecule has 70 heavy (non-hydrogen) atoms. The Kier molecular flexibility index (Phi) is 14.1. The van der Waals surface area contributed by atoms with Crippen LogP contribution in [-0.2, 0) is 14.4 Å². The molecule has 3 atom stereocenters. The van der Waals surface area contributed by atoms with Gasteiger partial charge in [0.25, 0.3) is 16.7 Å². The quantitative estimate of drug-likeness (QED) is 0.128. The maximum Gasteiger partial charge on any atom is 0.262 e. The molecule has 3 aromatic heterocycles. The van der Waals surface area contributed by atoms with E-state index in [1.807, 2.05) is 36.4 Å². The van der Waals surface area contributed by atoms with Gasteiger partial charge in [-0.2, -0.15) is 0 Å². The van der Waals surface area contributed by atoms with Crippen LogP contribution in [0.2, 0.25) is 10.0 Å². The number of fused-ring (bicyclic) bond motifs is 4. The Morgan fingerprint density at radius 3 is 1.60 bits per heavy atom. The molecule has 4 aromatic carbocycles. The van der Waals surface area contributed by atoms with Gasteiger partial charge in [0.1, 0.15) is 23.5 Å². The number of halogens is 2. The lowest BCUT2D eigenvalue weighted by Gasteiger charge is -2.26. The summed E-state index contributed by atoms with van der Waals surface area (Å²) in [6.45, 7) is 16.7. The van der Waals surface area contributed by atoms with Gasteiger partial charge in [-0.3, -0.25) is 42.5 Å². The Labute approximate surface area is 412 Å². The number of carbonyl (C=O) groups is 3. The van der Waals surface area contributed by atoms with Gasteiger partial charge in [-0.25, -0.2) is 15.0 Å². The van der Waals surface area contributed by atoms with E-state index in [4.69, 9.17) is 32.7 Å². The topological polar surface area (TPSA) is 186 Å². The zero-order valence-corrected chi connectivity index (χ0v) is 41.0. The summed E-state index contributed by atoms with van der Waals surface area (Å²) in [4.78, 5) is 89.3. The number of aryl methyl sites for hydroxylation is 3. The lowest BCUT2D eigenvalue weighted by Crippen LogP contribution is -2.41. The molecule has 15 nitrogen and oxygen atoms in total. The van der Waals surface area contributed by atoms with E-state index >= 15 is 0 Å². The van der Waals surface area contributed by atoms with Crippen LogP contribution in [0.1, 0.15) is 87.0 Å². The molecule has 2 aliphatic carbocycles. The summed E-state index contributed by atoms with van der Waals surface area (Å²) in [5, 5.41) is 6.69. The average Bonchev–Trinajstić information content (AvgIpc) is 3.31. The molecule has 0 spiro atoms. The zero-order chi connectivity index (χ0) is 50.3. The second-order valence-corrected chi connectivity index (χ2v) is 18.6. The van der Waals surface area contributed by atoms with Gasteiger partial charge < -0.3 is 14.8 Å². The van der Waals surface area contributed by atoms with Crippen LogP contribution in [0.4, 0.5) is 0 Å². The highest BCUT2D eigenvalue weighted by Gasteiger charge is 2.31. The summed E-state index contributed by atoms with van der Waals surface area (Å²) in [5.41, 5.74) is 3.44. The number of aromatic nitrogens is 6. The van der Waals surface area contributed by atoms with E-state index in [0.717, 1.165) is 34.8 Å². The first-order chi connectivity index (χ1) is 33.4. The number of carbonyl (C=O) groups excluding carboxylic acids is 3. The van der Waals surface area contributed by atoms with Crippen molar-refractivity contribution in [3.05, 3.63) is 156 Å². The molecular weight excluding hydrogens is 934 g/mol. The first-order valence-corrected chi connectivity index (χ1v) is 23.5. The van der Waals surface area contributed by atoms with Crippen molar-refractivity contribution in [3.8, 4) is 11.5 Å². The first-order valence-electron chi connectivity index (χ1n) is 22.7. The van der Waals surface area contributed by atoms with Crippen LogP contribution in [-0.4, -0.2) is 60.3 Å². The van der Waals surface area contributed by atoms with Gasteiger partial charge in [0.2, 0.25) is 5.91 Å². The van der Waals surface area contributed by atoms with Crippen LogP contribution in [0, 0.1) is 20.8 Å². The van der Waals surface area contributed by atoms with Crippen molar-refractivity contribution in [2.24, 2.45) is 0 Å². The maximum atomic E-state index is 13.1. The molecule has 1 N–H and O–H groups in total. The number of amides is 1. The molecule has 2 saturated carbocycles. The zero-order valence-electron chi connectivity index (χ0n) is 39.5. The number of Topliss-reactive ketones (excluding diaryl/α,β-unsaturated/α-hetero) is 2. The molecule has 1 saturated heterocycles. The van der Waals surface area contributed by atoms with Gasteiger partial charge in [-0.15, -0.1) is 0 Å². The summed E-state index contributed by atoms with van der Waals surface area (Å²) >= 11 is 12.1. The van der Waals surface area contributed by atoms with Gasteiger partial charge in [-0.1, -0.05) is 78.4 Å². The molecular formula is C53H51Cl2N7O8. The van der Waals surface area contributed by atoms with Crippen molar-refractivity contribution in [2.75, 3.05) is 14.2 Å². The highest BCUT2D eigenvalue weighted by Crippen LogP contribution is 2.33. The third-order valence-electron chi connectivity index (χ3n) is 13.0. The van der Waals surface area contributed by atoms with E-state index in [1.165, 1.54) is 29.4 Å². The highest BCUT2D eigenvalue weighted by molar-refractivity contribution is 6.38. The maximum absolute atomic E-state index is 13.1. The number of allylic oxidation sites excluding steroid dienone is 3. The number of ether oxygens (including phenoxy) is 2. The molecule has 3 unspecified atom stereocenters. The van der Waals surface area contributed by atoms with Gasteiger partial charge in [0.15, 0.2) is 23.1 Å². The van der Waals surface area contributed by atoms with Crippen LogP contribution < -0.4 is 31.5 Å². The molecule has 3 fully saturated rings. The van der Waals surface area contributed by atoms with E-state index in [2.05, 4.69) is 40.0 Å². The Morgan fingerprint density at radius 1 is 0.586 bits per heavy atom. The Bertz CT molecular complexity index is 3580. The summed E-state index contributed by atoms with van der Waals surface area (Å²) < 4.78 is 15.0. The molecule has 1 aliphatic heterocycles. The summed E-state index contributed by atoms with van der Waals surface area (Å²) in [6.07, 6.45) is 4.53. The third kappa shape index (κ3) is 9.55. The molecule has 7 aromatic rings. The molecule has 0 radical (unpaired) electrons. The van der Waals surface area contributed by atoms with Crippen LogP contribution in [0.5, 0.6) is 11.5 Å².